The fourth-order valence-electron chi connectivity index (χ4n) is 2.28. The largest absolute Gasteiger partial charge is 0.481 e. The summed E-state index contributed by atoms with van der Waals surface area (Å²) in [6, 6.07) is 7.01. The molecule has 0 unspecified atom stereocenters. The second kappa shape index (κ2) is 7.08. The number of aliphatic carboxylic acids is 1. The summed E-state index contributed by atoms with van der Waals surface area (Å²) in [6.45, 7) is 1.12. The monoisotopic (exact) mass is 292 g/mol. The molecule has 3 N–H and O–H groups in total. The smallest absolute Gasteiger partial charge is 0.321 e. The third-order valence-corrected chi connectivity index (χ3v) is 3.58. The molecule has 1 aliphatic heterocycles. The minimum atomic E-state index is -0.820. The maximum atomic E-state index is 12.0. The molecule has 1 heterocycles. The van der Waals surface area contributed by atoms with E-state index in [0.29, 0.717) is 38.0 Å². The number of carboxylic acids is 1. The molecule has 114 valence electrons. The summed E-state index contributed by atoms with van der Waals surface area (Å²) in [5.74, 6) is -0.820. The molecule has 0 radical (unpaired) electrons. The molecule has 1 aromatic rings. The van der Waals surface area contributed by atoms with Crippen molar-refractivity contribution in [2.75, 3.05) is 18.4 Å². The standard InChI is InChI=1S/C15H20N2O4/c18-13-7-9-17(10-8-13)15(21)16-12-4-1-11(2-5-12)3-6-14(19)20/h1-2,4-5,13,18H,3,6-10H2,(H,16,21)(H,19,20). The molecule has 0 spiro atoms. The van der Waals surface area contributed by atoms with Gasteiger partial charge in [-0.2, -0.15) is 0 Å². The number of urea groups is 1. The average molecular weight is 292 g/mol. The number of aliphatic hydroxyl groups is 1. The van der Waals surface area contributed by atoms with Crippen molar-refractivity contribution in [2.24, 2.45) is 0 Å². The Hall–Kier alpha value is -2.08. The first-order valence-electron chi connectivity index (χ1n) is 7.09. The Kier molecular flexibility index (Phi) is 5.16. The van der Waals surface area contributed by atoms with Gasteiger partial charge in [-0.15, -0.1) is 0 Å². The zero-order valence-electron chi connectivity index (χ0n) is 11.8. The first-order chi connectivity index (χ1) is 10.0. The second-order valence-electron chi connectivity index (χ2n) is 5.24. The highest BCUT2D eigenvalue weighted by Crippen LogP contribution is 2.14. The van der Waals surface area contributed by atoms with Crippen LogP contribution in [0.2, 0.25) is 0 Å². The van der Waals surface area contributed by atoms with Gasteiger partial charge in [-0.3, -0.25) is 4.79 Å². The van der Waals surface area contributed by atoms with Crippen molar-refractivity contribution >= 4 is 17.7 Å². The number of amides is 2. The number of aryl methyl sites for hydroxylation is 1. The summed E-state index contributed by atoms with van der Waals surface area (Å²) in [6.07, 6.45) is 1.50. The predicted molar refractivity (Wildman–Crippen MR) is 78.2 cm³/mol. The van der Waals surface area contributed by atoms with Crippen LogP contribution >= 0.6 is 0 Å². The number of rotatable bonds is 4. The predicted octanol–water partition coefficient (Wildman–Crippen LogP) is 1.69. The summed E-state index contributed by atoms with van der Waals surface area (Å²) in [7, 11) is 0. The van der Waals surface area contributed by atoms with Gasteiger partial charge in [-0.1, -0.05) is 12.1 Å². The number of likely N-dealkylation sites (tertiary alicyclic amines) is 1. The van der Waals surface area contributed by atoms with Crippen molar-refractivity contribution in [1.29, 1.82) is 0 Å². The van der Waals surface area contributed by atoms with Gasteiger partial charge in [0.05, 0.1) is 6.10 Å². The third kappa shape index (κ3) is 4.75. The van der Waals surface area contributed by atoms with Crippen molar-refractivity contribution in [3.8, 4) is 0 Å². The molecule has 2 rings (SSSR count). The quantitative estimate of drug-likeness (QED) is 0.787. The van der Waals surface area contributed by atoms with Crippen LogP contribution in [-0.4, -0.2) is 46.3 Å². The van der Waals surface area contributed by atoms with Gasteiger partial charge < -0.3 is 20.4 Å². The topological polar surface area (TPSA) is 89.9 Å². The maximum Gasteiger partial charge on any atom is 0.321 e. The number of carbonyl (C=O) groups excluding carboxylic acids is 1. The van der Waals surface area contributed by atoms with Crippen LogP contribution in [0, 0.1) is 0 Å². The second-order valence-corrected chi connectivity index (χ2v) is 5.24. The Labute approximate surface area is 123 Å². The summed E-state index contributed by atoms with van der Waals surface area (Å²) in [4.78, 5) is 24.2. The highest BCUT2D eigenvalue weighted by Gasteiger charge is 2.21. The Bertz CT molecular complexity index is 493. The Morgan fingerprint density at radius 1 is 1.19 bits per heavy atom. The van der Waals surface area contributed by atoms with E-state index in [1.54, 1.807) is 17.0 Å². The molecule has 0 bridgehead atoms. The molecule has 6 nitrogen and oxygen atoms in total. The number of aliphatic hydroxyl groups excluding tert-OH is 1. The number of benzene rings is 1. The number of carboxylic acid groups (broad SMARTS) is 1. The van der Waals surface area contributed by atoms with Gasteiger partial charge in [0.2, 0.25) is 0 Å². The number of carbonyl (C=O) groups is 2. The average Bonchev–Trinajstić information content (AvgIpc) is 2.47. The van der Waals surface area contributed by atoms with Gasteiger partial charge in [0.25, 0.3) is 0 Å². The molecule has 0 aliphatic carbocycles. The van der Waals surface area contributed by atoms with Gasteiger partial charge >= 0.3 is 12.0 Å². The van der Waals surface area contributed by atoms with E-state index in [4.69, 9.17) is 5.11 Å². The molecule has 21 heavy (non-hydrogen) atoms. The van der Waals surface area contributed by atoms with Crippen molar-refractivity contribution in [1.82, 2.24) is 4.90 Å². The summed E-state index contributed by atoms with van der Waals surface area (Å²) in [5.41, 5.74) is 1.61. The van der Waals surface area contributed by atoms with Crippen molar-refractivity contribution in [2.45, 2.75) is 31.8 Å². The zero-order valence-corrected chi connectivity index (χ0v) is 11.8. The minimum Gasteiger partial charge on any atom is -0.481 e. The van der Waals surface area contributed by atoms with Gasteiger partial charge in [0.1, 0.15) is 0 Å². The SMILES string of the molecule is O=C(O)CCc1ccc(NC(=O)N2CCC(O)CC2)cc1. The van der Waals surface area contributed by atoms with Crippen LogP contribution in [-0.2, 0) is 11.2 Å². The van der Waals surface area contributed by atoms with E-state index in [2.05, 4.69) is 5.32 Å². The molecular formula is C15H20N2O4. The Balaban J connectivity index is 1.85. The van der Waals surface area contributed by atoms with E-state index >= 15 is 0 Å². The molecule has 0 saturated carbocycles. The van der Waals surface area contributed by atoms with Gasteiger partial charge in [0, 0.05) is 25.2 Å². The van der Waals surface area contributed by atoms with Crippen LogP contribution in [0.5, 0.6) is 0 Å². The minimum absolute atomic E-state index is 0.0990. The van der Waals surface area contributed by atoms with Crippen LogP contribution in [0.1, 0.15) is 24.8 Å². The molecule has 6 heteroatoms. The van der Waals surface area contributed by atoms with Crippen molar-refractivity contribution in [3.05, 3.63) is 29.8 Å². The van der Waals surface area contributed by atoms with Crippen molar-refractivity contribution in [3.63, 3.8) is 0 Å². The van der Waals surface area contributed by atoms with Crippen LogP contribution < -0.4 is 5.32 Å². The lowest BCUT2D eigenvalue weighted by molar-refractivity contribution is -0.136. The first-order valence-corrected chi connectivity index (χ1v) is 7.09. The molecule has 1 saturated heterocycles. The summed E-state index contributed by atoms with van der Waals surface area (Å²) >= 11 is 0. The van der Waals surface area contributed by atoms with E-state index in [-0.39, 0.29) is 18.6 Å². The van der Waals surface area contributed by atoms with E-state index in [0.717, 1.165) is 5.56 Å². The fraction of sp³-hybridized carbons (Fsp3) is 0.467. The van der Waals surface area contributed by atoms with Crippen LogP contribution in [0.4, 0.5) is 10.5 Å². The first kappa shape index (κ1) is 15.3. The number of hydrogen-bond acceptors (Lipinski definition) is 3. The highest BCUT2D eigenvalue weighted by molar-refractivity contribution is 5.89. The lowest BCUT2D eigenvalue weighted by Gasteiger charge is -2.29. The van der Waals surface area contributed by atoms with E-state index in [9.17, 15) is 14.7 Å². The normalized spacial score (nSPS) is 15.8. The van der Waals surface area contributed by atoms with Crippen molar-refractivity contribution < 1.29 is 19.8 Å². The van der Waals surface area contributed by atoms with Gasteiger partial charge in [-0.05, 0) is 37.0 Å². The molecular weight excluding hydrogens is 272 g/mol. The summed E-state index contributed by atoms with van der Waals surface area (Å²) < 4.78 is 0. The number of piperidine rings is 1. The molecule has 2 amide bonds. The highest BCUT2D eigenvalue weighted by atomic mass is 16.4. The number of nitrogens with one attached hydrogen (secondary N) is 1. The van der Waals surface area contributed by atoms with E-state index in [1.165, 1.54) is 0 Å². The molecule has 1 aliphatic rings. The Morgan fingerprint density at radius 2 is 1.81 bits per heavy atom. The maximum absolute atomic E-state index is 12.0. The number of nitrogens with zero attached hydrogens (tertiary/aromatic N) is 1. The number of hydrogen-bond donors (Lipinski definition) is 3. The van der Waals surface area contributed by atoms with Crippen LogP contribution in [0.15, 0.2) is 24.3 Å². The lowest BCUT2D eigenvalue weighted by atomic mass is 10.1. The van der Waals surface area contributed by atoms with Gasteiger partial charge in [0.15, 0.2) is 0 Å². The fourth-order valence-corrected chi connectivity index (χ4v) is 2.28. The zero-order chi connectivity index (χ0) is 15.2. The van der Waals surface area contributed by atoms with E-state index < -0.39 is 5.97 Å². The molecule has 1 fully saturated rings. The van der Waals surface area contributed by atoms with Gasteiger partial charge in [-0.25, -0.2) is 4.79 Å². The molecule has 1 aromatic carbocycles. The number of anilines is 1. The van der Waals surface area contributed by atoms with E-state index in [1.807, 2.05) is 12.1 Å². The van der Waals surface area contributed by atoms with Crippen LogP contribution in [0.3, 0.4) is 0 Å². The lowest BCUT2D eigenvalue weighted by Crippen LogP contribution is -2.42. The molecule has 0 aromatic heterocycles. The molecule has 0 atom stereocenters. The third-order valence-electron chi connectivity index (χ3n) is 3.58. The Morgan fingerprint density at radius 3 is 2.38 bits per heavy atom. The van der Waals surface area contributed by atoms with Crippen LogP contribution in [0.25, 0.3) is 0 Å². The summed E-state index contributed by atoms with van der Waals surface area (Å²) in [5, 5.41) is 20.9.